The third-order valence-electron chi connectivity index (χ3n) is 3.04. The summed E-state index contributed by atoms with van der Waals surface area (Å²) in [6.07, 6.45) is 0. The van der Waals surface area contributed by atoms with Crippen LogP contribution in [0, 0.1) is 0 Å². The van der Waals surface area contributed by atoms with Crippen molar-refractivity contribution >= 4 is 22.5 Å². The van der Waals surface area contributed by atoms with E-state index in [4.69, 9.17) is 20.7 Å². The van der Waals surface area contributed by atoms with Crippen LogP contribution in [0.3, 0.4) is 0 Å². The SMILES string of the molecule is COc1cc(N)ccc1-c1cccc2onc(N)c12. The summed E-state index contributed by atoms with van der Waals surface area (Å²) in [5, 5.41) is 4.58. The van der Waals surface area contributed by atoms with E-state index in [1.807, 2.05) is 30.3 Å². The Morgan fingerprint density at radius 2 is 1.95 bits per heavy atom. The zero-order valence-electron chi connectivity index (χ0n) is 10.4. The predicted molar refractivity (Wildman–Crippen MR) is 74.8 cm³/mol. The predicted octanol–water partition coefficient (Wildman–Crippen LogP) is 2.67. The van der Waals surface area contributed by atoms with E-state index >= 15 is 0 Å². The number of fused-ring (bicyclic) bond motifs is 1. The number of methoxy groups -OCH3 is 1. The lowest BCUT2D eigenvalue weighted by Crippen LogP contribution is -1.92. The topological polar surface area (TPSA) is 87.3 Å². The maximum absolute atomic E-state index is 5.87. The minimum Gasteiger partial charge on any atom is -0.496 e. The van der Waals surface area contributed by atoms with Gasteiger partial charge in [-0.25, -0.2) is 0 Å². The van der Waals surface area contributed by atoms with E-state index in [1.54, 1.807) is 13.2 Å². The Kier molecular flexibility index (Phi) is 2.52. The molecule has 0 atom stereocenters. The molecule has 0 aliphatic heterocycles. The fraction of sp³-hybridized carbons (Fsp3) is 0.0714. The largest absolute Gasteiger partial charge is 0.496 e. The molecule has 3 aromatic rings. The molecule has 96 valence electrons. The third kappa shape index (κ3) is 1.76. The number of rotatable bonds is 2. The summed E-state index contributed by atoms with van der Waals surface area (Å²) >= 11 is 0. The van der Waals surface area contributed by atoms with Crippen molar-refractivity contribution in [2.75, 3.05) is 18.6 Å². The van der Waals surface area contributed by atoms with Crippen molar-refractivity contribution in [3.05, 3.63) is 36.4 Å². The molecule has 0 aliphatic rings. The molecule has 1 heterocycles. The van der Waals surface area contributed by atoms with Crippen molar-refractivity contribution in [1.29, 1.82) is 0 Å². The van der Waals surface area contributed by atoms with Gasteiger partial charge in [-0.2, -0.15) is 0 Å². The zero-order valence-corrected chi connectivity index (χ0v) is 10.4. The summed E-state index contributed by atoms with van der Waals surface area (Å²) < 4.78 is 10.5. The van der Waals surface area contributed by atoms with Gasteiger partial charge in [-0.3, -0.25) is 0 Å². The first-order valence-electron chi connectivity index (χ1n) is 5.78. The van der Waals surface area contributed by atoms with Gasteiger partial charge in [0.2, 0.25) is 0 Å². The Labute approximate surface area is 109 Å². The highest BCUT2D eigenvalue weighted by Gasteiger charge is 2.14. The molecule has 2 aromatic carbocycles. The normalized spacial score (nSPS) is 10.8. The summed E-state index contributed by atoms with van der Waals surface area (Å²) in [7, 11) is 1.61. The lowest BCUT2D eigenvalue weighted by atomic mass is 10.0. The van der Waals surface area contributed by atoms with Gasteiger partial charge in [0.15, 0.2) is 11.4 Å². The smallest absolute Gasteiger partial charge is 0.175 e. The molecule has 3 rings (SSSR count). The molecule has 0 unspecified atom stereocenters. The van der Waals surface area contributed by atoms with E-state index in [0.29, 0.717) is 22.8 Å². The van der Waals surface area contributed by atoms with Crippen molar-refractivity contribution < 1.29 is 9.26 Å². The van der Waals surface area contributed by atoms with Crippen molar-refractivity contribution in [3.63, 3.8) is 0 Å². The Morgan fingerprint density at radius 3 is 2.74 bits per heavy atom. The fourth-order valence-electron chi connectivity index (χ4n) is 2.17. The van der Waals surface area contributed by atoms with Crippen LogP contribution in [0.2, 0.25) is 0 Å². The molecule has 0 saturated carbocycles. The lowest BCUT2D eigenvalue weighted by Gasteiger charge is -2.10. The summed E-state index contributed by atoms with van der Waals surface area (Å²) in [6, 6.07) is 11.2. The number of nitrogens with two attached hydrogens (primary N) is 2. The molecular formula is C14H13N3O2. The maximum atomic E-state index is 5.87. The standard InChI is InChI=1S/C14H13N3O2/c1-18-12-7-8(15)5-6-9(12)10-3-2-4-11-13(10)14(16)17-19-11/h2-7H,15H2,1H3,(H2,16,17). The molecule has 1 aromatic heterocycles. The minimum absolute atomic E-state index is 0.365. The average Bonchev–Trinajstić information content (AvgIpc) is 2.81. The van der Waals surface area contributed by atoms with Gasteiger partial charge in [0, 0.05) is 22.9 Å². The van der Waals surface area contributed by atoms with Gasteiger partial charge in [0.25, 0.3) is 0 Å². The second-order valence-corrected chi connectivity index (χ2v) is 4.21. The molecule has 4 N–H and O–H groups in total. The highest BCUT2D eigenvalue weighted by atomic mass is 16.5. The highest BCUT2D eigenvalue weighted by Crippen LogP contribution is 2.38. The highest BCUT2D eigenvalue weighted by molar-refractivity contribution is 6.01. The maximum Gasteiger partial charge on any atom is 0.175 e. The average molecular weight is 255 g/mol. The summed E-state index contributed by atoms with van der Waals surface area (Å²) in [4.78, 5) is 0. The number of benzene rings is 2. The molecule has 0 aliphatic carbocycles. The first kappa shape index (κ1) is 11.4. The van der Waals surface area contributed by atoms with E-state index in [2.05, 4.69) is 5.16 Å². The quantitative estimate of drug-likeness (QED) is 0.687. The van der Waals surface area contributed by atoms with Crippen LogP contribution in [0.4, 0.5) is 11.5 Å². The van der Waals surface area contributed by atoms with Gasteiger partial charge in [0.05, 0.1) is 12.5 Å². The van der Waals surface area contributed by atoms with Crippen LogP contribution < -0.4 is 16.2 Å². The van der Waals surface area contributed by atoms with Gasteiger partial charge in [-0.05, 0) is 18.2 Å². The Balaban J connectivity index is 2.33. The zero-order chi connectivity index (χ0) is 13.4. The molecule has 0 saturated heterocycles. The number of hydrogen-bond donors (Lipinski definition) is 2. The van der Waals surface area contributed by atoms with Gasteiger partial charge < -0.3 is 20.7 Å². The van der Waals surface area contributed by atoms with Crippen molar-refractivity contribution in [2.45, 2.75) is 0 Å². The van der Waals surface area contributed by atoms with Crippen LogP contribution in [0.15, 0.2) is 40.9 Å². The van der Waals surface area contributed by atoms with Gasteiger partial charge in [-0.15, -0.1) is 0 Å². The van der Waals surface area contributed by atoms with Crippen molar-refractivity contribution in [1.82, 2.24) is 5.16 Å². The van der Waals surface area contributed by atoms with Crippen LogP contribution in [0.25, 0.3) is 22.1 Å². The minimum atomic E-state index is 0.365. The number of hydrogen-bond acceptors (Lipinski definition) is 5. The number of nitrogens with zero attached hydrogens (tertiary/aromatic N) is 1. The van der Waals surface area contributed by atoms with Crippen molar-refractivity contribution in [2.24, 2.45) is 0 Å². The second kappa shape index (κ2) is 4.20. The van der Waals surface area contributed by atoms with Crippen LogP contribution in [0.1, 0.15) is 0 Å². The van der Waals surface area contributed by atoms with E-state index < -0.39 is 0 Å². The number of aromatic nitrogens is 1. The molecule has 19 heavy (non-hydrogen) atoms. The third-order valence-corrected chi connectivity index (χ3v) is 3.04. The van der Waals surface area contributed by atoms with Crippen molar-refractivity contribution in [3.8, 4) is 16.9 Å². The molecule has 0 fully saturated rings. The van der Waals surface area contributed by atoms with Crippen LogP contribution >= 0.6 is 0 Å². The monoisotopic (exact) mass is 255 g/mol. The van der Waals surface area contributed by atoms with E-state index in [9.17, 15) is 0 Å². The summed E-state index contributed by atoms with van der Waals surface area (Å²) in [5.41, 5.74) is 14.7. The summed E-state index contributed by atoms with van der Waals surface area (Å²) in [5.74, 6) is 1.05. The van der Waals surface area contributed by atoms with Gasteiger partial charge in [0.1, 0.15) is 5.75 Å². The Hall–Kier alpha value is -2.69. The number of anilines is 2. The molecular weight excluding hydrogens is 242 g/mol. The number of nitrogen functional groups attached to an aromatic ring is 2. The van der Waals surface area contributed by atoms with Crippen LogP contribution in [-0.2, 0) is 0 Å². The first-order chi connectivity index (χ1) is 9.20. The van der Waals surface area contributed by atoms with E-state index in [0.717, 1.165) is 16.5 Å². The van der Waals surface area contributed by atoms with E-state index in [1.165, 1.54) is 0 Å². The molecule has 0 amide bonds. The Morgan fingerprint density at radius 1 is 1.11 bits per heavy atom. The summed E-state index contributed by atoms with van der Waals surface area (Å²) in [6.45, 7) is 0. The molecule has 0 bridgehead atoms. The number of ether oxygens (including phenoxy) is 1. The first-order valence-corrected chi connectivity index (χ1v) is 5.78. The second-order valence-electron chi connectivity index (χ2n) is 4.21. The van der Waals surface area contributed by atoms with Crippen LogP contribution in [0.5, 0.6) is 5.75 Å². The Bertz CT molecular complexity index is 750. The molecule has 0 radical (unpaired) electrons. The van der Waals surface area contributed by atoms with E-state index in [-0.39, 0.29) is 0 Å². The molecule has 5 heteroatoms. The van der Waals surface area contributed by atoms with Gasteiger partial charge >= 0.3 is 0 Å². The molecule has 5 nitrogen and oxygen atoms in total. The molecule has 0 spiro atoms. The fourth-order valence-corrected chi connectivity index (χ4v) is 2.17. The van der Waals surface area contributed by atoms with Crippen LogP contribution in [-0.4, -0.2) is 12.3 Å². The lowest BCUT2D eigenvalue weighted by molar-refractivity contribution is 0.416. The van der Waals surface area contributed by atoms with Gasteiger partial charge in [-0.1, -0.05) is 17.3 Å².